The molecule has 0 spiro atoms. The van der Waals surface area contributed by atoms with Crippen molar-refractivity contribution < 1.29 is 17.9 Å². The highest BCUT2D eigenvalue weighted by molar-refractivity contribution is 4.99. The smallest absolute Gasteiger partial charge is 0.448 e. The summed E-state index contributed by atoms with van der Waals surface area (Å²) in [5.41, 5.74) is 0. The van der Waals surface area contributed by atoms with Gasteiger partial charge in [-0.05, 0) is 19.9 Å². The molecule has 0 aliphatic rings. The second-order valence-corrected chi connectivity index (χ2v) is 1.92. The summed E-state index contributed by atoms with van der Waals surface area (Å²) in [5.74, 6) is -1.000. The predicted octanol–water partition coefficient (Wildman–Crippen LogP) is 3.00. The van der Waals surface area contributed by atoms with Gasteiger partial charge in [0.15, 0.2) is 0 Å². The third-order valence-electron chi connectivity index (χ3n) is 1.01. The molecule has 0 aliphatic carbocycles. The van der Waals surface area contributed by atoms with Crippen LogP contribution in [0.3, 0.4) is 0 Å². The Labute approximate surface area is 63.2 Å². The predicted molar refractivity (Wildman–Crippen MR) is 35.7 cm³/mol. The number of hydrogen-bond acceptors (Lipinski definition) is 1. The van der Waals surface area contributed by atoms with E-state index in [0.717, 1.165) is 0 Å². The fraction of sp³-hybridized carbons (Fsp3) is 0.429. The van der Waals surface area contributed by atoms with Gasteiger partial charge in [-0.25, -0.2) is 0 Å². The Hall–Kier alpha value is -0.930. The maximum absolute atomic E-state index is 11.7. The molecule has 0 radical (unpaired) electrons. The highest BCUT2D eigenvalue weighted by Crippen LogP contribution is 2.26. The van der Waals surface area contributed by atoms with Crippen molar-refractivity contribution in [3.63, 3.8) is 0 Å². The molecule has 0 aromatic carbocycles. The van der Waals surface area contributed by atoms with E-state index in [4.69, 9.17) is 0 Å². The van der Waals surface area contributed by atoms with Gasteiger partial charge in [0.1, 0.15) is 0 Å². The average molecular weight is 166 g/mol. The molecule has 0 unspecified atom stereocenters. The van der Waals surface area contributed by atoms with Gasteiger partial charge >= 0.3 is 6.18 Å². The van der Waals surface area contributed by atoms with Gasteiger partial charge in [-0.1, -0.05) is 6.58 Å². The zero-order valence-corrected chi connectivity index (χ0v) is 6.33. The first-order chi connectivity index (χ1) is 4.88. The number of halogens is 3. The van der Waals surface area contributed by atoms with Crippen LogP contribution in [-0.4, -0.2) is 6.18 Å². The Morgan fingerprint density at radius 2 is 1.91 bits per heavy atom. The minimum Gasteiger partial charge on any atom is -0.458 e. The first kappa shape index (κ1) is 10.1. The first-order valence-electron chi connectivity index (χ1n) is 2.94. The van der Waals surface area contributed by atoms with E-state index in [1.54, 1.807) is 6.92 Å². The van der Waals surface area contributed by atoms with Crippen LogP contribution >= 0.6 is 0 Å². The van der Waals surface area contributed by atoms with Crippen molar-refractivity contribution in [1.29, 1.82) is 0 Å². The van der Waals surface area contributed by atoms with Crippen molar-refractivity contribution >= 4 is 0 Å². The van der Waals surface area contributed by atoms with E-state index < -0.39 is 11.9 Å². The van der Waals surface area contributed by atoms with Gasteiger partial charge in [-0.2, -0.15) is 13.2 Å². The van der Waals surface area contributed by atoms with E-state index in [9.17, 15) is 13.2 Å². The van der Waals surface area contributed by atoms with Crippen LogP contribution in [0.1, 0.15) is 13.8 Å². The molecule has 0 aromatic rings. The minimum absolute atomic E-state index is 0.187. The van der Waals surface area contributed by atoms with Crippen molar-refractivity contribution in [3.05, 3.63) is 24.2 Å². The Balaban J connectivity index is 4.10. The molecular formula is C7H9F3O. The van der Waals surface area contributed by atoms with Crippen LogP contribution < -0.4 is 0 Å². The standard InChI is InChI=1S/C7H9F3O/c1-4-5(2)11-6(3)7(8,9)10/h4H,3H2,1-2H3/b5-4-. The second-order valence-electron chi connectivity index (χ2n) is 1.92. The number of allylic oxidation sites excluding steroid dienone is 3. The summed E-state index contributed by atoms with van der Waals surface area (Å²) >= 11 is 0. The monoisotopic (exact) mass is 166 g/mol. The maximum atomic E-state index is 11.7. The molecule has 0 amide bonds. The van der Waals surface area contributed by atoms with Gasteiger partial charge in [-0.15, -0.1) is 0 Å². The zero-order valence-electron chi connectivity index (χ0n) is 6.33. The normalized spacial score (nSPS) is 13.0. The number of ether oxygens (including phenoxy) is 1. The summed E-state index contributed by atoms with van der Waals surface area (Å²) in [5, 5.41) is 0. The van der Waals surface area contributed by atoms with Crippen LogP contribution in [0.5, 0.6) is 0 Å². The average Bonchev–Trinajstić information content (AvgIpc) is 1.85. The quantitative estimate of drug-likeness (QED) is 0.573. The molecule has 0 heterocycles. The van der Waals surface area contributed by atoms with Crippen LogP contribution in [0.2, 0.25) is 0 Å². The van der Waals surface area contributed by atoms with E-state index in [2.05, 4.69) is 11.3 Å². The fourth-order valence-electron chi connectivity index (χ4n) is 0.311. The molecule has 0 rings (SSSR count). The van der Waals surface area contributed by atoms with Crippen LogP contribution in [0.25, 0.3) is 0 Å². The Kier molecular flexibility index (Phi) is 3.17. The molecule has 64 valence electrons. The summed E-state index contributed by atoms with van der Waals surface area (Å²) < 4.78 is 39.4. The summed E-state index contributed by atoms with van der Waals surface area (Å²) in [6, 6.07) is 0. The van der Waals surface area contributed by atoms with Gasteiger partial charge < -0.3 is 4.74 Å². The SMILES string of the molecule is C=C(O/C(C)=C\C)C(F)(F)F. The van der Waals surface area contributed by atoms with Crippen molar-refractivity contribution in [3.8, 4) is 0 Å². The highest BCUT2D eigenvalue weighted by Gasteiger charge is 2.34. The molecule has 0 N–H and O–H groups in total. The Bertz CT molecular complexity index is 179. The van der Waals surface area contributed by atoms with Gasteiger partial charge in [0, 0.05) is 0 Å². The van der Waals surface area contributed by atoms with Crippen molar-refractivity contribution in [1.82, 2.24) is 0 Å². The van der Waals surface area contributed by atoms with E-state index >= 15 is 0 Å². The van der Waals surface area contributed by atoms with Crippen molar-refractivity contribution in [2.45, 2.75) is 20.0 Å². The van der Waals surface area contributed by atoms with Gasteiger partial charge in [-0.3, -0.25) is 0 Å². The molecule has 0 bridgehead atoms. The first-order valence-corrected chi connectivity index (χ1v) is 2.94. The third-order valence-corrected chi connectivity index (χ3v) is 1.01. The lowest BCUT2D eigenvalue weighted by atomic mass is 10.5. The van der Waals surface area contributed by atoms with Crippen LogP contribution in [0.15, 0.2) is 24.2 Å². The van der Waals surface area contributed by atoms with Crippen LogP contribution in [0.4, 0.5) is 13.2 Å². The molecule has 0 aromatic heterocycles. The zero-order chi connectivity index (χ0) is 9.07. The molecule has 1 nitrogen and oxygen atoms in total. The van der Waals surface area contributed by atoms with Crippen molar-refractivity contribution in [2.75, 3.05) is 0 Å². The van der Waals surface area contributed by atoms with Crippen LogP contribution in [0, 0.1) is 0 Å². The van der Waals surface area contributed by atoms with Gasteiger partial charge in [0.05, 0.1) is 5.76 Å². The largest absolute Gasteiger partial charge is 0.458 e. The Morgan fingerprint density at radius 3 is 2.18 bits per heavy atom. The lowest BCUT2D eigenvalue weighted by Crippen LogP contribution is -2.12. The molecule has 0 saturated carbocycles. The summed E-state index contributed by atoms with van der Waals surface area (Å²) in [7, 11) is 0. The maximum Gasteiger partial charge on any atom is 0.448 e. The van der Waals surface area contributed by atoms with Gasteiger partial charge in [0.2, 0.25) is 5.76 Å². The molecule has 0 aliphatic heterocycles. The van der Waals surface area contributed by atoms with E-state index in [0.29, 0.717) is 0 Å². The second kappa shape index (κ2) is 3.46. The lowest BCUT2D eigenvalue weighted by molar-refractivity contribution is -0.123. The number of rotatable bonds is 2. The van der Waals surface area contributed by atoms with Crippen LogP contribution in [-0.2, 0) is 4.74 Å². The van der Waals surface area contributed by atoms with E-state index in [1.807, 2.05) is 0 Å². The number of alkyl halides is 3. The molecule has 11 heavy (non-hydrogen) atoms. The molecule has 0 fully saturated rings. The minimum atomic E-state index is -4.47. The van der Waals surface area contributed by atoms with Gasteiger partial charge in [0.25, 0.3) is 0 Å². The summed E-state index contributed by atoms with van der Waals surface area (Å²) in [6.07, 6.45) is -3.04. The fourth-order valence-corrected chi connectivity index (χ4v) is 0.311. The lowest BCUT2D eigenvalue weighted by Gasteiger charge is -2.10. The topological polar surface area (TPSA) is 9.23 Å². The third kappa shape index (κ3) is 3.70. The highest BCUT2D eigenvalue weighted by atomic mass is 19.4. The van der Waals surface area contributed by atoms with Crippen molar-refractivity contribution in [2.24, 2.45) is 0 Å². The molecule has 0 atom stereocenters. The molecule has 4 heteroatoms. The number of hydrogen-bond donors (Lipinski definition) is 0. The summed E-state index contributed by atoms with van der Waals surface area (Å²) in [6.45, 7) is 5.74. The molecule has 0 saturated heterocycles. The van der Waals surface area contributed by atoms with E-state index in [-0.39, 0.29) is 5.76 Å². The molecular weight excluding hydrogens is 157 g/mol. The Morgan fingerprint density at radius 1 is 1.45 bits per heavy atom. The summed E-state index contributed by atoms with van der Waals surface area (Å²) in [4.78, 5) is 0. The van der Waals surface area contributed by atoms with E-state index in [1.165, 1.54) is 13.0 Å².